The minimum atomic E-state index is -0.132. The Labute approximate surface area is 109 Å². The SMILES string of the molecule is Cn1cc(C(=O)C=Cc2ccc(O)c(Cl)c2)cn1. The Balaban J connectivity index is 2.15. The molecule has 18 heavy (non-hydrogen) atoms. The molecule has 0 spiro atoms. The first-order valence-electron chi connectivity index (χ1n) is 5.26. The van der Waals surface area contributed by atoms with Gasteiger partial charge in [-0.1, -0.05) is 23.7 Å². The van der Waals surface area contributed by atoms with Gasteiger partial charge in [0.2, 0.25) is 0 Å². The number of ketones is 1. The molecular weight excluding hydrogens is 252 g/mol. The maximum Gasteiger partial charge on any atom is 0.189 e. The van der Waals surface area contributed by atoms with Crippen molar-refractivity contribution in [3.8, 4) is 5.75 Å². The molecule has 0 aliphatic carbocycles. The number of hydrogen-bond acceptors (Lipinski definition) is 3. The van der Waals surface area contributed by atoms with E-state index >= 15 is 0 Å². The Hall–Kier alpha value is -2.07. The summed E-state index contributed by atoms with van der Waals surface area (Å²) in [5, 5.41) is 13.4. The summed E-state index contributed by atoms with van der Waals surface area (Å²) in [5.74, 6) is -0.111. The lowest BCUT2D eigenvalue weighted by Gasteiger charge is -1.97. The summed E-state index contributed by atoms with van der Waals surface area (Å²) in [7, 11) is 1.75. The van der Waals surface area contributed by atoms with Crippen molar-refractivity contribution in [2.75, 3.05) is 0 Å². The van der Waals surface area contributed by atoms with Crippen molar-refractivity contribution < 1.29 is 9.90 Å². The zero-order valence-corrected chi connectivity index (χ0v) is 10.4. The van der Waals surface area contributed by atoms with Crippen LogP contribution in [0.3, 0.4) is 0 Å². The standard InChI is InChI=1S/C13H11ClN2O2/c1-16-8-10(7-15-16)12(17)4-2-9-3-5-13(18)11(14)6-9/h2-8,18H,1H3. The summed E-state index contributed by atoms with van der Waals surface area (Å²) in [6.45, 7) is 0. The second-order valence-corrected chi connectivity index (χ2v) is 4.22. The average Bonchev–Trinajstić information content (AvgIpc) is 2.77. The molecule has 1 N–H and O–H groups in total. The molecule has 92 valence electrons. The molecular formula is C13H11ClN2O2. The number of carbonyl (C=O) groups excluding carboxylic acids is 1. The Morgan fingerprint density at radius 1 is 1.50 bits per heavy atom. The summed E-state index contributed by atoms with van der Waals surface area (Å²) in [6.07, 6.45) is 6.24. The summed E-state index contributed by atoms with van der Waals surface area (Å²) < 4.78 is 1.57. The van der Waals surface area contributed by atoms with Gasteiger partial charge in [0, 0.05) is 13.2 Å². The van der Waals surface area contributed by atoms with E-state index < -0.39 is 0 Å². The molecule has 1 heterocycles. The zero-order valence-electron chi connectivity index (χ0n) is 9.67. The minimum absolute atomic E-state index is 0.0207. The van der Waals surface area contributed by atoms with E-state index in [2.05, 4.69) is 5.10 Å². The largest absolute Gasteiger partial charge is 0.506 e. The molecule has 0 aliphatic rings. The lowest BCUT2D eigenvalue weighted by Crippen LogP contribution is -1.91. The minimum Gasteiger partial charge on any atom is -0.506 e. The fourth-order valence-electron chi connectivity index (χ4n) is 1.44. The lowest BCUT2D eigenvalue weighted by atomic mass is 10.1. The number of aryl methyl sites for hydroxylation is 1. The number of allylic oxidation sites excluding steroid dienone is 1. The highest BCUT2D eigenvalue weighted by atomic mass is 35.5. The number of phenols is 1. The molecule has 0 atom stereocenters. The van der Waals surface area contributed by atoms with E-state index in [0.29, 0.717) is 5.56 Å². The monoisotopic (exact) mass is 262 g/mol. The Morgan fingerprint density at radius 3 is 2.89 bits per heavy atom. The molecule has 2 aromatic rings. The fourth-order valence-corrected chi connectivity index (χ4v) is 1.63. The number of phenolic OH excluding ortho intramolecular Hbond substituents is 1. The van der Waals surface area contributed by atoms with Crippen molar-refractivity contribution in [2.24, 2.45) is 7.05 Å². The maximum absolute atomic E-state index is 11.8. The molecule has 4 nitrogen and oxygen atoms in total. The first kappa shape index (κ1) is 12.4. The second kappa shape index (κ2) is 5.06. The van der Waals surface area contributed by atoms with E-state index in [0.717, 1.165) is 5.56 Å². The van der Waals surface area contributed by atoms with Gasteiger partial charge >= 0.3 is 0 Å². The molecule has 0 unspecified atom stereocenters. The number of benzene rings is 1. The number of halogens is 1. The van der Waals surface area contributed by atoms with Gasteiger partial charge in [0.15, 0.2) is 5.78 Å². The molecule has 1 aromatic heterocycles. The third kappa shape index (κ3) is 2.78. The normalized spacial score (nSPS) is 11.0. The van der Waals surface area contributed by atoms with Crippen LogP contribution in [0.15, 0.2) is 36.7 Å². The lowest BCUT2D eigenvalue weighted by molar-refractivity contribution is 0.104. The quantitative estimate of drug-likeness (QED) is 0.683. The number of aromatic nitrogens is 2. The van der Waals surface area contributed by atoms with Gasteiger partial charge in [0.05, 0.1) is 16.8 Å². The average molecular weight is 263 g/mol. The number of rotatable bonds is 3. The molecule has 2 rings (SSSR count). The van der Waals surface area contributed by atoms with E-state index in [-0.39, 0.29) is 16.6 Å². The first-order chi connectivity index (χ1) is 8.56. The highest BCUT2D eigenvalue weighted by Crippen LogP contribution is 2.24. The van der Waals surface area contributed by atoms with Crippen LogP contribution in [0.25, 0.3) is 6.08 Å². The topological polar surface area (TPSA) is 55.1 Å². The number of nitrogens with zero attached hydrogens (tertiary/aromatic N) is 2. The van der Waals surface area contributed by atoms with Crippen molar-refractivity contribution in [1.29, 1.82) is 0 Å². The van der Waals surface area contributed by atoms with E-state index in [4.69, 9.17) is 11.6 Å². The van der Waals surface area contributed by atoms with Crippen molar-refractivity contribution in [3.05, 3.63) is 52.8 Å². The Bertz CT molecular complexity index is 617. The number of aromatic hydroxyl groups is 1. The molecule has 1 aromatic carbocycles. The number of carbonyl (C=O) groups is 1. The van der Waals surface area contributed by atoms with Crippen molar-refractivity contribution >= 4 is 23.5 Å². The predicted molar refractivity (Wildman–Crippen MR) is 69.7 cm³/mol. The highest BCUT2D eigenvalue weighted by molar-refractivity contribution is 6.32. The van der Waals surface area contributed by atoms with Crippen LogP contribution in [0.5, 0.6) is 5.75 Å². The summed E-state index contributed by atoms with van der Waals surface area (Å²) in [4.78, 5) is 11.8. The highest BCUT2D eigenvalue weighted by Gasteiger charge is 2.04. The van der Waals surface area contributed by atoms with Gasteiger partial charge in [0.1, 0.15) is 5.75 Å². The Morgan fingerprint density at radius 2 is 2.28 bits per heavy atom. The third-order valence-electron chi connectivity index (χ3n) is 2.39. The third-order valence-corrected chi connectivity index (χ3v) is 2.69. The van der Waals surface area contributed by atoms with E-state index in [9.17, 15) is 9.90 Å². The van der Waals surface area contributed by atoms with E-state index in [1.807, 2.05) is 0 Å². The van der Waals surface area contributed by atoms with Crippen LogP contribution in [0, 0.1) is 0 Å². The number of hydrogen-bond donors (Lipinski definition) is 1. The van der Waals surface area contributed by atoms with Gasteiger partial charge in [-0.3, -0.25) is 9.48 Å². The van der Waals surface area contributed by atoms with Crippen LogP contribution in [-0.4, -0.2) is 20.7 Å². The van der Waals surface area contributed by atoms with Crippen LogP contribution in [0.4, 0.5) is 0 Å². The van der Waals surface area contributed by atoms with Crippen LogP contribution < -0.4 is 0 Å². The molecule has 0 fully saturated rings. The van der Waals surface area contributed by atoms with Gasteiger partial charge < -0.3 is 5.11 Å². The predicted octanol–water partition coefficient (Wildman–Crippen LogP) is 2.68. The molecule has 0 radical (unpaired) electrons. The van der Waals surface area contributed by atoms with Crippen LogP contribution in [0.2, 0.25) is 5.02 Å². The fraction of sp³-hybridized carbons (Fsp3) is 0.0769. The van der Waals surface area contributed by atoms with Crippen molar-refractivity contribution in [3.63, 3.8) is 0 Å². The van der Waals surface area contributed by atoms with Gasteiger partial charge in [-0.25, -0.2) is 0 Å². The van der Waals surface area contributed by atoms with Crippen LogP contribution in [0.1, 0.15) is 15.9 Å². The molecule has 0 saturated heterocycles. The van der Waals surface area contributed by atoms with Gasteiger partial charge in [0.25, 0.3) is 0 Å². The molecule has 0 bridgehead atoms. The van der Waals surface area contributed by atoms with Gasteiger partial charge in [-0.2, -0.15) is 5.10 Å². The van der Waals surface area contributed by atoms with Gasteiger partial charge in [-0.05, 0) is 23.8 Å². The maximum atomic E-state index is 11.8. The summed E-state index contributed by atoms with van der Waals surface area (Å²) in [5.41, 5.74) is 1.27. The first-order valence-corrected chi connectivity index (χ1v) is 5.63. The van der Waals surface area contributed by atoms with Crippen molar-refractivity contribution in [2.45, 2.75) is 0 Å². The molecule has 5 heteroatoms. The van der Waals surface area contributed by atoms with Crippen LogP contribution in [-0.2, 0) is 7.05 Å². The molecule has 0 saturated carbocycles. The smallest absolute Gasteiger partial charge is 0.189 e. The van der Waals surface area contributed by atoms with Crippen LogP contribution >= 0.6 is 11.6 Å². The molecule has 0 amide bonds. The summed E-state index contributed by atoms with van der Waals surface area (Å²) in [6, 6.07) is 4.74. The van der Waals surface area contributed by atoms with Gasteiger partial charge in [-0.15, -0.1) is 0 Å². The van der Waals surface area contributed by atoms with Crippen molar-refractivity contribution in [1.82, 2.24) is 9.78 Å². The Kier molecular flexibility index (Phi) is 3.48. The van der Waals surface area contributed by atoms with E-state index in [1.165, 1.54) is 18.3 Å². The van der Waals surface area contributed by atoms with E-state index in [1.54, 1.807) is 36.1 Å². The molecule has 0 aliphatic heterocycles. The summed E-state index contributed by atoms with van der Waals surface area (Å²) >= 11 is 5.77. The second-order valence-electron chi connectivity index (χ2n) is 3.81. The zero-order chi connectivity index (χ0) is 13.1.